The third kappa shape index (κ3) is 2.26. The molecule has 0 heterocycles. The maximum Gasteiger partial charge on any atom is 0.148 e. The molecule has 2 aromatic carbocycles. The van der Waals surface area contributed by atoms with E-state index in [0.717, 1.165) is 0 Å². The van der Waals surface area contributed by atoms with E-state index in [1.165, 1.54) is 12.1 Å². The van der Waals surface area contributed by atoms with Crippen LogP contribution in [0.1, 0.15) is 5.56 Å². The van der Waals surface area contributed by atoms with Gasteiger partial charge >= 0.3 is 0 Å². The zero-order valence-electron chi connectivity index (χ0n) is 8.55. The summed E-state index contributed by atoms with van der Waals surface area (Å²) in [6, 6.07) is 11.2. The fourth-order valence-electron chi connectivity index (χ4n) is 1.53. The van der Waals surface area contributed by atoms with E-state index in [4.69, 9.17) is 28.5 Å². The zero-order chi connectivity index (χ0) is 12.4. The summed E-state index contributed by atoms with van der Waals surface area (Å²) in [7, 11) is 0. The summed E-state index contributed by atoms with van der Waals surface area (Å²) in [5.41, 5.74) is 0.810. The Bertz CT molecular complexity index is 617. The minimum atomic E-state index is -0.570. The normalized spacial score (nSPS) is 10.0. The molecule has 17 heavy (non-hydrogen) atoms. The average Bonchev–Trinajstić information content (AvgIpc) is 2.30. The molecule has 0 atom stereocenters. The van der Waals surface area contributed by atoms with Gasteiger partial charge in [0.2, 0.25) is 0 Å². The lowest BCUT2D eigenvalue weighted by Crippen LogP contribution is -1.89. The number of halogens is 3. The summed E-state index contributed by atoms with van der Waals surface area (Å²) in [4.78, 5) is 0. The monoisotopic (exact) mass is 265 g/mol. The minimum Gasteiger partial charge on any atom is -0.205 e. The molecular weight excluding hydrogens is 260 g/mol. The molecule has 0 bridgehead atoms. The van der Waals surface area contributed by atoms with Crippen molar-refractivity contribution in [2.24, 2.45) is 0 Å². The van der Waals surface area contributed by atoms with E-state index in [9.17, 15) is 4.39 Å². The van der Waals surface area contributed by atoms with Crippen molar-refractivity contribution < 1.29 is 4.39 Å². The van der Waals surface area contributed by atoms with Gasteiger partial charge in [0.15, 0.2) is 0 Å². The van der Waals surface area contributed by atoms with Gasteiger partial charge in [-0.2, -0.15) is 5.26 Å². The van der Waals surface area contributed by atoms with Crippen molar-refractivity contribution in [1.29, 1.82) is 5.26 Å². The van der Waals surface area contributed by atoms with E-state index in [1.54, 1.807) is 30.3 Å². The average molecular weight is 266 g/mol. The third-order valence-electron chi connectivity index (χ3n) is 2.34. The SMILES string of the molecule is N#Cc1cccc(-c2ccc(Cl)cc2Cl)c1F. The fourth-order valence-corrected chi connectivity index (χ4v) is 2.04. The Balaban J connectivity index is 2.66. The van der Waals surface area contributed by atoms with Crippen LogP contribution >= 0.6 is 23.2 Å². The number of benzene rings is 2. The molecule has 0 N–H and O–H groups in total. The van der Waals surface area contributed by atoms with Crippen LogP contribution in [0.4, 0.5) is 4.39 Å². The molecule has 2 rings (SSSR count). The molecule has 0 aliphatic rings. The number of nitrogens with zero attached hydrogens (tertiary/aromatic N) is 1. The molecule has 0 aliphatic carbocycles. The number of hydrogen-bond acceptors (Lipinski definition) is 1. The van der Waals surface area contributed by atoms with Gasteiger partial charge in [-0.3, -0.25) is 0 Å². The van der Waals surface area contributed by atoms with Crippen LogP contribution in [-0.2, 0) is 0 Å². The van der Waals surface area contributed by atoms with Crippen molar-refractivity contribution in [3.63, 3.8) is 0 Å². The van der Waals surface area contributed by atoms with E-state index < -0.39 is 5.82 Å². The summed E-state index contributed by atoms with van der Waals surface area (Å²) in [5.74, 6) is -0.570. The van der Waals surface area contributed by atoms with Crippen molar-refractivity contribution in [2.45, 2.75) is 0 Å². The quantitative estimate of drug-likeness (QED) is 0.735. The first-order chi connectivity index (χ1) is 8.13. The van der Waals surface area contributed by atoms with E-state index in [1.807, 2.05) is 0 Å². The summed E-state index contributed by atoms with van der Waals surface area (Å²) in [5, 5.41) is 9.59. The van der Waals surface area contributed by atoms with Crippen LogP contribution in [0, 0.1) is 17.1 Å². The predicted molar refractivity (Wildman–Crippen MR) is 66.6 cm³/mol. The molecular formula is C13H6Cl2FN. The first-order valence-electron chi connectivity index (χ1n) is 4.77. The van der Waals surface area contributed by atoms with Gasteiger partial charge in [-0.15, -0.1) is 0 Å². The smallest absolute Gasteiger partial charge is 0.148 e. The van der Waals surface area contributed by atoms with Crippen LogP contribution in [0.3, 0.4) is 0 Å². The van der Waals surface area contributed by atoms with Crippen LogP contribution in [0.5, 0.6) is 0 Å². The van der Waals surface area contributed by atoms with E-state index in [0.29, 0.717) is 21.2 Å². The standard InChI is InChI=1S/C13H6Cl2FN/c14-9-4-5-10(12(15)6-9)11-3-1-2-8(7-17)13(11)16/h1-6H. The van der Waals surface area contributed by atoms with Crippen molar-refractivity contribution >= 4 is 23.2 Å². The largest absolute Gasteiger partial charge is 0.205 e. The van der Waals surface area contributed by atoms with Crippen LogP contribution in [0.2, 0.25) is 10.0 Å². The lowest BCUT2D eigenvalue weighted by atomic mass is 10.0. The van der Waals surface area contributed by atoms with Crippen LogP contribution in [-0.4, -0.2) is 0 Å². The van der Waals surface area contributed by atoms with Crippen molar-refractivity contribution in [3.8, 4) is 17.2 Å². The maximum absolute atomic E-state index is 13.9. The Kier molecular flexibility index (Phi) is 3.33. The van der Waals surface area contributed by atoms with Gasteiger partial charge < -0.3 is 0 Å². The maximum atomic E-state index is 13.9. The van der Waals surface area contributed by atoms with Gasteiger partial charge in [-0.25, -0.2) is 4.39 Å². The second kappa shape index (κ2) is 4.75. The molecule has 0 fully saturated rings. The van der Waals surface area contributed by atoms with Gasteiger partial charge in [0.25, 0.3) is 0 Å². The van der Waals surface area contributed by atoms with E-state index in [2.05, 4.69) is 0 Å². The summed E-state index contributed by atoms with van der Waals surface area (Å²) >= 11 is 11.8. The lowest BCUT2D eigenvalue weighted by molar-refractivity contribution is 0.627. The second-order valence-electron chi connectivity index (χ2n) is 3.40. The topological polar surface area (TPSA) is 23.8 Å². The zero-order valence-corrected chi connectivity index (χ0v) is 10.1. The van der Waals surface area contributed by atoms with E-state index in [-0.39, 0.29) is 5.56 Å². The van der Waals surface area contributed by atoms with Crippen LogP contribution < -0.4 is 0 Å². The van der Waals surface area contributed by atoms with Gasteiger partial charge in [0.1, 0.15) is 11.9 Å². The molecule has 0 spiro atoms. The summed E-state index contributed by atoms with van der Waals surface area (Å²) in [6.45, 7) is 0. The Hall–Kier alpha value is -1.56. The Labute approximate surface area is 108 Å². The highest BCUT2D eigenvalue weighted by Crippen LogP contribution is 2.32. The Morgan fingerprint density at radius 3 is 2.47 bits per heavy atom. The number of hydrogen-bond donors (Lipinski definition) is 0. The molecule has 0 aliphatic heterocycles. The molecule has 0 radical (unpaired) electrons. The highest BCUT2D eigenvalue weighted by molar-refractivity contribution is 6.36. The molecule has 0 aromatic heterocycles. The molecule has 1 nitrogen and oxygen atoms in total. The van der Waals surface area contributed by atoms with E-state index >= 15 is 0 Å². The first-order valence-corrected chi connectivity index (χ1v) is 5.53. The fraction of sp³-hybridized carbons (Fsp3) is 0. The van der Waals surface area contributed by atoms with Gasteiger partial charge in [-0.1, -0.05) is 41.4 Å². The summed E-state index contributed by atoms with van der Waals surface area (Å²) in [6.07, 6.45) is 0. The molecule has 0 saturated carbocycles. The highest BCUT2D eigenvalue weighted by Gasteiger charge is 2.12. The summed E-state index contributed by atoms with van der Waals surface area (Å²) < 4.78 is 13.9. The molecule has 4 heteroatoms. The number of rotatable bonds is 1. The van der Waals surface area contributed by atoms with Crippen LogP contribution in [0.15, 0.2) is 36.4 Å². The van der Waals surface area contributed by atoms with Crippen molar-refractivity contribution in [2.75, 3.05) is 0 Å². The molecule has 0 saturated heterocycles. The lowest BCUT2D eigenvalue weighted by Gasteiger charge is -2.07. The Morgan fingerprint density at radius 1 is 1.06 bits per heavy atom. The minimum absolute atomic E-state index is 0.00600. The molecule has 84 valence electrons. The van der Waals surface area contributed by atoms with Crippen molar-refractivity contribution in [1.82, 2.24) is 0 Å². The van der Waals surface area contributed by atoms with Crippen molar-refractivity contribution in [3.05, 3.63) is 57.8 Å². The van der Waals surface area contributed by atoms with Gasteiger partial charge in [0.05, 0.1) is 5.56 Å². The third-order valence-corrected chi connectivity index (χ3v) is 2.89. The molecule has 0 amide bonds. The second-order valence-corrected chi connectivity index (χ2v) is 4.25. The molecule has 2 aromatic rings. The first kappa shape index (κ1) is 11.9. The van der Waals surface area contributed by atoms with Gasteiger partial charge in [-0.05, 0) is 18.2 Å². The number of nitriles is 1. The van der Waals surface area contributed by atoms with Crippen LogP contribution in [0.25, 0.3) is 11.1 Å². The predicted octanol–water partition coefficient (Wildman–Crippen LogP) is 4.67. The Morgan fingerprint density at radius 2 is 1.82 bits per heavy atom. The highest BCUT2D eigenvalue weighted by atomic mass is 35.5. The van der Waals surface area contributed by atoms with Gasteiger partial charge in [0, 0.05) is 21.2 Å². The molecule has 0 unspecified atom stereocenters.